The average molecular weight is 260 g/mol. The standard InChI is InChI=1S/C15H24N4/c1-10-6-4-3-5-9-19(10)15-11(2)13(16)17-14(18-15)12-7-8-12/h10,12H,3-9H2,1-2H3,(H2,16,17,18). The minimum absolute atomic E-state index is 0.558. The zero-order valence-corrected chi connectivity index (χ0v) is 12.0. The molecule has 0 spiro atoms. The largest absolute Gasteiger partial charge is 0.383 e. The van der Waals surface area contributed by atoms with Crippen molar-refractivity contribution in [3.63, 3.8) is 0 Å². The second-order valence-corrected chi connectivity index (χ2v) is 6.08. The molecule has 1 saturated carbocycles. The summed E-state index contributed by atoms with van der Waals surface area (Å²) in [5, 5.41) is 0. The van der Waals surface area contributed by atoms with Crippen LogP contribution in [-0.2, 0) is 0 Å². The van der Waals surface area contributed by atoms with Crippen LogP contribution in [0.15, 0.2) is 0 Å². The summed E-state index contributed by atoms with van der Waals surface area (Å²) in [5.74, 6) is 3.28. The quantitative estimate of drug-likeness (QED) is 0.888. The molecule has 1 atom stereocenters. The molecule has 4 heteroatoms. The zero-order chi connectivity index (χ0) is 13.4. The first-order valence-electron chi connectivity index (χ1n) is 7.57. The van der Waals surface area contributed by atoms with E-state index in [2.05, 4.69) is 23.7 Å². The third kappa shape index (κ3) is 2.53. The molecule has 1 aliphatic carbocycles. The molecule has 3 rings (SSSR count). The van der Waals surface area contributed by atoms with Crippen LogP contribution in [0.1, 0.15) is 62.8 Å². The van der Waals surface area contributed by atoms with Crippen LogP contribution in [0.2, 0.25) is 0 Å². The number of anilines is 2. The summed E-state index contributed by atoms with van der Waals surface area (Å²) >= 11 is 0. The predicted molar refractivity (Wildman–Crippen MR) is 78.4 cm³/mol. The van der Waals surface area contributed by atoms with E-state index in [0.29, 0.717) is 17.8 Å². The maximum Gasteiger partial charge on any atom is 0.137 e. The molecule has 4 nitrogen and oxygen atoms in total. The molecule has 2 N–H and O–H groups in total. The molecular formula is C15H24N4. The van der Waals surface area contributed by atoms with Crippen LogP contribution in [0.25, 0.3) is 0 Å². The summed E-state index contributed by atoms with van der Waals surface area (Å²) in [6, 6.07) is 0.558. The summed E-state index contributed by atoms with van der Waals surface area (Å²) in [6.45, 7) is 5.46. The first-order chi connectivity index (χ1) is 9.16. The van der Waals surface area contributed by atoms with Gasteiger partial charge in [0.05, 0.1) is 0 Å². The van der Waals surface area contributed by atoms with Crippen LogP contribution < -0.4 is 10.6 Å². The highest BCUT2D eigenvalue weighted by molar-refractivity contribution is 5.57. The maximum atomic E-state index is 6.10. The summed E-state index contributed by atoms with van der Waals surface area (Å²) in [7, 11) is 0. The molecule has 2 fully saturated rings. The van der Waals surface area contributed by atoms with Crippen molar-refractivity contribution in [3.8, 4) is 0 Å². The molecule has 19 heavy (non-hydrogen) atoms. The summed E-state index contributed by atoms with van der Waals surface area (Å²) in [6.07, 6.45) is 7.60. The molecular weight excluding hydrogens is 236 g/mol. The monoisotopic (exact) mass is 260 g/mol. The van der Waals surface area contributed by atoms with Crippen molar-refractivity contribution in [2.24, 2.45) is 0 Å². The van der Waals surface area contributed by atoms with Crippen molar-refractivity contribution >= 4 is 11.6 Å². The number of nitrogens with two attached hydrogens (primary N) is 1. The lowest BCUT2D eigenvalue weighted by Gasteiger charge is -2.30. The van der Waals surface area contributed by atoms with Crippen molar-refractivity contribution in [3.05, 3.63) is 11.4 Å². The second-order valence-electron chi connectivity index (χ2n) is 6.08. The number of nitrogen functional groups attached to an aromatic ring is 1. The van der Waals surface area contributed by atoms with E-state index in [1.807, 2.05) is 0 Å². The molecule has 2 aliphatic rings. The van der Waals surface area contributed by atoms with Crippen molar-refractivity contribution in [1.29, 1.82) is 0 Å². The Morgan fingerprint density at radius 1 is 1.11 bits per heavy atom. The SMILES string of the molecule is Cc1c(N)nc(C2CC2)nc1N1CCCCCC1C. The van der Waals surface area contributed by atoms with Gasteiger partial charge in [-0.1, -0.05) is 12.8 Å². The van der Waals surface area contributed by atoms with Gasteiger partial charge in [0, 0.05) is 24.1 Å². The van der Waals surface area contributed by atoms with E-state index in [1.54, 1.807) is 0 Å². The van der Waals surface area contributed by atoms with Gasteiger partial charge in [0.1, 0.15) is 17.5 Å². The Labute approximate surface area is 115 Å². The van der Waals surface area contributed by atoms with Crippen molar-refractivity contribution in [2.45, 2.75) is 64.3 Å². The maximum absolute atomic E-state index is 6.10. The zero-order valence-electron chi connectivity index (χ0n) is 12.0. The molecule has 1 saturated heterocycles. The van der Waals surface area contributed by atoms with Crippen molar-refractivity contribution < 1.29 is 0 Å². The fourth-order valence-electron chi connectivity index (χ4n) is 2.93. The lowest BCUT2D eigenvalue weighted by atomic mass is 10.1. The van der Waals surface area contributed by atoms with Crippen LogP contribution in [0, 0.1) is 6.92 Å². The molecule has 0 aromatic carbocycles. The van der Waals surface area contributed by atoms with E-state index >= 15 is 0 Å². The number of rotatable bonds is 2. The van der Waals surface area contributed by atoms with Gasteiger partial charge in [-0.3, -0.25) is 0 Å². The molecule has 1 unspecified atom stereocenters. The number of hydrogen-bond acceptors (Lipinski definition) is 4. The van der Waals surface area contributed by atoms with Gasteiger partial charge in [-0.2, -0.15) is 0 Å². The van der Waals surface area contributed by atoms with E-state index in [1.165, 1.54) is 38.5 Å². The first-order valence-corrected chi connectivity index (χ1v) is 7.57. The van der Waals surface area contributed by atoms with E-state index in [0.717, 1.165) is 23.8 Å². The molecule has 1 aromatic rings. The summed E-state index contributed by atoms with van der Waals surface area (Å²) < 4.78 is 0. The minimum atomic E-state index is 0.558. The van der Waals surface area contributed by atoms with E-state index in [9.17, 15) is 0 Å². The average Bonchev–Trinajstić information content (AvgIpc) is 3.20. The van der Waals surface area contributed by atoms with Crippen LogP contribution in [-0.4, -0.2) is 22.6 Å². The Morgan fingerprint density at radius 2 is 1.89 bits per heavy atom. The number of nitrogens with zero attached hydrogens (tertiary/aromatic N) is 3. The Balaban J connectivity index is 1.97. The van der Waals surface area contributed by atoms with Crippen LogP contribution in [0.3, 0.4) is 0 Å². The fourth-order valence-corrected chi connectivity index (χ4v) is 2.93. The molecule has 0 radical (unpaired) electrons. The molecule has 0 amide bonds. The van der Waals surface area contributed by atoms with Crippen molar-refractivity contribution in [1.82, 2.24) is 9.97 Å². The Kier molecular flexibility index (Phi) is 3.33. The second kappa shape index (κ2) is 4.99. The van der Waals surface area contributed by atoms with E-state index < -0.39 is 0 Å². The highest BCUT2D eigenvalue weighted by Gasteiger charge is 2.29. The van der Waals surface area contributed by atoms with Gasteiger partial charge in [-0.15, -0.1) is 0 Å². The third-order valence-corrected chi connectivity index (χ3v) is 4.44. The van der Waals surface area contributed by atoms with Crippen LogP contribution >= 0.6 is 0 Å². The normalized spacial score (nSPS) is 24.3. The highest BCUT2D eigenvalue weighted by atomic mass is 15.2. The van der Waals surface area contributed by atoms with E-state index in [-0.39, 0.29) is 0 Å². The third-order valence-electron chi connectivity index (χ3n) is 4.44. The molecule has 104 valence electrons. The van der Waals surface area contributed by atoms with Crippen LogP contribution in [0.4, 0.5) is 11.6 Å². The Hall–Kier alpha value is -1.32. The summed E-state index contributed by atoms with van der Waals surface area (Å²) in [5.41, 5.74) is 7.15. The number of hydrogen-bond donors (Lipinski definition) is 1. The number of aromatic nitrogens is 2. The van der Waals surface area contributed by atoms with Crippen molar-refractivity contribution in [2.75, 3.05) is 17.2 Å². The Bertz CT molecular complexity index is 467. The molecule has 2 heterocycles. The van der Waals surface area contributed by atoms with Gasteiger partial charge >= 0.3 is 0 Å². The lowest BCUT2D eigenvalue weighted by Crippen LogP contribution is -2.34. The lowest BCUT2D eigenvalue weighted by molar-refractivity contribution is 0.608. The van der Waals surface area contributed by atoms with Gasteiger partial charge in [0.15, 0.2) is 0 Å². The molecule has 1 aromatic heterocycles. The molecule has 0 bridgehead atoms. The molecule has 1 aliphatic heterocycles. The highest BCUT2D eigenvalue weighted by Crippen LogP contribution is 2.40. The summed E-state index contributed by atoms with van der Waals surface area (Å²) in [4.78, 5) is 11.8. The van der Waals surface area contributed by atoms with Gasteiger partial charge in [-0.25, -0.2) is 9.97 Å². The van der Waals surface area contributed by atoms with E-state index in [4.69, 9.17) is 10.7 Å². The minimum Gasteiger partial charge on any atom is -0.383 e. The first kappa shape index (κ1) is 12.7. The smallest absolute Gasteiger partial charge is 0.137 e. The van der Waals surface area contributed by atoms with Gasteiger partial charge in [-0.05, 0) is 39.5 Å². The van der Waals surface area contributed by atoms with Gasteiger partial charge in [0.25, 0.3) is 0 Å². The van der Waals surface area contributed by atoms with Gasteiger partial charge < -0.3 is 10.6 Å². The fraction of sp³-hybridized carbons (Fsp3) is 0.733. The van der Waals surface area contributed by atoms with Gasteiger partial charge in [0.2, 0.25) is 0 Å². The van der Waals surface area contributed by atoms with Crippen LogP contribution in [0.5, 0.6) is 0 Å². The predicted octanol–water partition coefficient (Wildman–Crippen LogP) is 3.01. The Morgan fingerprint density at radius 3 is 2.63 bits per heavy atom. The topological polar surface area (TPSA) is 55.0 Å².